The molecule has 5 aromatic rings. The molecule has 0 bridgehead atoms. The zero-order chi connectivity index (χ0) is 30.1. The molecule has 42 heavy (non-hydrogen) atoms. The lowest BCUT2D eigenvalue weighted by molar-refractivity contribution is -0.142. The summed E-state index contributed by atoms with van der Waals surface area (Å²) < 4.78 is 94.0. The summed E-state index contributed by atoms with van der Waals surface area (Å²) in [6.45, 7) is 0.996. The van der Waals surface area contributed by atoms with Crippen molar-refractivity contribution in [3.05, 3.63) is 89.8 Å². The fourth-order valence-corrected chi connectivity index (χ4v) is 4.22. The second-order valence-corrected chi connectivity index (χ2v) is 8.85. The van der Waals surface area contributed by atoms with Crippen LogP contribution in [0.15, 0.2) is 71.8 Å². The molecule has 1 atom stereocenters. The Hall–Kier alpha value is -5.02. The smallest absolute Gasteiger partial charge is 0.420 e. The summed E-state index contributed by atoms with van der Waals surface area (Å²) >= 11 is 0. The van der Waals surface area contributed by atoms with Crippen molar-refractivity contribution in [2.24, 2.45) is 0 Å². The number of aromatic nitrogens is 6. The first kappa shape index (κ1) is 28.5. The van der Waals surface area contributed by atoms with Crippen LogP contribution in [-0.2, 0) is 17.1 Å². The molecule has 0 aliphatic heterocycles. The summed E-state index contributed by atoms with van der Waals surface area (Å²) in [6, 6.07) is 9.13. The predicted octanol–water partition coefficient (Wildman–Crippen LogP) is 5.66. The number of esters is 1. The largest absolute Gasteiger partial charge is 0.460 e. The third kappa shape index (κ3) is 5.73. The fourth-order valence-electron chi connectivity index (χ4n) is 4.22. The van der Waals surface area contributed by atoms with Crippen LogP contribution < -0.4 is 4.90 Å². The van der Waals surface area contributed by atoms with Crippen molar-refractivity contribution in [2.45, 2.75) is 25.3 Å². The summed E-state index contributed by atoms with van der Waals surface area (Å²) in [5.41, 5.74) is -3.84. The first-order chi connectivity index (χ1) is 19.9. The molecule has 0 radical (unpaired) electrons. The van der Waals surface area contributed by atoms with Crippen LogP contribution >= 0.6 is 0 Å². The van der Waals surface area contributed by atoms with E-state index in [2.05, 4.69) is 25.2 Å². The van der Waals surface area contributed by atoms with E-state index in [-0.39, 0.29) is 42.4 Å². The quantitative estimate of drug-likeness (QED) is 0.167. The average molecular weight is 591 g/mol. The Morgan fingerprint density at radius 1 is 1.00 bits per heavy atom. The lowest BCUT2D eigenvalue weighted by Crippen LogP contribution is -2.33. The number of hydrogen-bond donors (Lipinski definition) is 0. The van der Waals surface area contributed by atoms with E-state index in [0.717, 1.165) is 0 Å². The first-order valence-electron chi connectivity index (χ1n) is 12.2. The molecule has 5 rings (SSSR count). The predicted molar refractivity (Wildman–Crippen MR) is 133 cm³/mol. The molecule has 0 spiro atoms. The summed E-state index contributed by atoms with van der Waals surface area (Å²) in [6.07, 6.45) is -6.21. The van der Waals surface area contributed by atoms with Crippen LogP contribution in [0.5, 0.6) is 0 Å². The van der Waals surface area contributed by atoms with Crippen molar-refractivity contribution in [3.8, 4) is 5.95 Å². The van der Waals surface area contributed by atoms with Gasteiger partial charge in [-0.2, -0.15) is 36.1 Å². The molecular formula is C26H19F6N7O3. The topological polar surface area (TPSA) is 112 Å². The highest BCUT2D eigenvalue weighted by Gasteiger charge is 2.41. The van der Waals surface area contributed by atoms with Gasteiger partial charge in [-0.1, -0.05) is 23.4 Å². The number of hydrogen-bond acceptors (Lipinski definition) is 9. The molecule has 2 aromatic carbocycles. The average Bonchev–Trinajstić information content (AvgIpc) is 3.62. The Labute approximate surface area is 232 Å². The van der Waals surface area contributed by atoms with E-state index >= 15 is 0 Å². The van der Waals surface area contributed by atoms with Gasteiger partial charge in [-0.3, -0.25) is 0 Å². The van der Waals surface area contributed by atoms with Gasteiger partial charge in [-0.15, -0.1) is 0 Å². The van der Waals surface area contributed by atoms with Crippen molar-refractivity contribution in [2.75, 3.05) is 18.1 Å². The van der Waals surface area contributed by atoms with Crippen molar-refractivity contribution in [3.63, 3.8) is 0 Å². The third-order valence-electron chi connectivity index (χ3n) is 6.19. The zero-order valence-corrected chi connectivity index (χ0v) is 21.5. The Balaban J connectivity index is 1.58. The minimum atomic E-state index is -5.18. The van der Waals surface area contributed by atoms with E-state index in [1.54, 1.807) is 31.2 Å². The van der Waals surface area contributed by atoms with Crippen LogP contribution in [0, 0.1) is 0 Å². The maximum Gasteiger partial charge on any atom is 0.420 e. The second kappa shape index (κ2) is 11.1. The van der Waals surface area contributed by atoms with Crippen LogP contribution in [-0.4, -0.2) is 49.0 Å². The number of carbonyl (C=O) groups is 1. The molecule has 0 saturated heterocycles. The summed E-state index contributed by atoms with van der Waals surface area (Å²) in [5, 5.41) is 7.28. The number of alkyl halides is 6. The fraction of sp³-hybridized carbons (Fsp3) is 0.231. The van der Waals surface area contributed by atoms with E-state index in [1.165, 1.54) is 40.4 Å². The minimum Gasteiger partial charge on any atom is -0.460 e. The number of benzene rings is 2. The minimum absolute atomic E-state index is 0.0317. The number of ether oxygens (including phenoxy) is 1. The third-order valence-corrected chi connectivity index (χ3v) is 6.19. The highest BCUT2D eigenvalue weighted by atomic mass is 19.4. The number of anilines is 1. The molecule has 0 aliphatic rings. The van der Waals surface area contributed by atoms with Crippen LogP contribution in [0.4, 0.5) is 32.2 Å². The van der Waals surface area contributed by atoms with Gasteiger partial charge in [-0.05, 0) is 37.3 Å². The van der Waals surface area contributed by atoms with Crippen molar-refractivity contribution in [1.82, 2.24) is 29.9 Å². The van der Waals surface area contributed by atoms with Gasteiger partial charge in [0, 0.05) is 12.4 Å². The monoisotopic (exact) mass is 591 g/mol. The molecule has 3 heterocycles. The molecule has 3 aromatic heterocycles. The van der Waals surface area contributed by atoms with Gasteiger partial charge in [0.05, 0.1) is 29.1 Å². The highest BCUT2D eigenvalue weighted by Crippen LogP contribution is 2.43. The van der Waals surface area contributed by atoms with Crippen molar-refractivity contribution < 1.29 is 40.4 Å². The maximum absolute atomic E-state index is 13.8. The molecule has 1 unspecified atom stereocenters. The van der Waals surface area contributed by atoms with E-state index in [1.807, 2.05) is 0 Å². The number of fused-ring (bicyclic) bond motifs is 1. The van der Waals surface area contributed by atoms with Crippen LogP contribution in [0.2, 0.25) is 0 Å². The Morgan fingerprint density at radius 3 is 2.38 bits per heavy atom. The Kier molecular flexibility index (Phi) is 7.53. The van der Waals surface area contributed by atoms with Gasteiger partial charge >= 0.3 is 18.3 Å². The molecule has 16 heteroatoms. The summed E-state index contributed by atoms with van der Waals surface area (Å²) in [5.74, 6) is -0.785. The van der Waals surface area contributed by atoms with Crippen LogP contribution in [0.1, 0.15) is 40.3 Å². The maximum atomic E-state index is 13.8. The van der Waals surface area contributed by atoms with E-state index in [0.29, 0.717) is 6.07 Å². The molecule has 0 N–H and O–H groups in total. The number of halogens is 6. The van der Waals surface area contributed by atoms with Crippen molar-refractivity contribution in [1.29, 1.82) is 0 Å². The lowest BCUT2D eigenvalue weighted by Gasteiger charge is -2.28. The van der Waals surface area contributed by atoms with E-state index in [4.69, 9.17) is 9.26 Å². The zero-order valence-electron chi connectivity index (χ0n) is 21.5. The van der Waals surface area contributed by atoms with Gasteiger partial charge in [0.15, 0.2) is 17.2 Å². The Bertz CT molecular complexity index is 1690. The molecule has 0 fully saturated rings. The number of rotatable bonds is 8. The number of nitrogens with zero attached hydrogens (tertiary/aromatic N) is 7. The molecular weight excluding hydrogens is 572 g/mol. The van der Waals surface area contributed by atoms with Gasteiger partial charge in [-0.25, -0.2) is 19.7 Å². The summed E-state index contributed by atoms with van der Waals surface area (Å²) in [7, 11) is 0. The van der Waals surface area contributed by atoms with Crippen LogP contribution in [0.3, 0.4) is 0 Å². The van der Waals surface area contributed by atoms with Crippen LogP contribution in [0.25, 0.3) is 16.9 Å². The normalized spacial score (nSPS) is 12.8. The molecule has 218 valence electrons. The molecule has 0 aliphatic carbocycles. The molecule has 0 saturated carbocycles. The van der Waals surface area contributed by atoms with Gasteiger partial charge in [0.2, 0.25) is 0 Å². The van der Waals surface area contributed by atoms with Gasteiger partial charge < -0.3 is 14.2 Å². The van der Waals surface area contributed by atoms with E-state index in [9.17, 15) is 31.1 Å². The second-order valence-electron chi connectivity index (χ2n) is 8.85. The lowest BCUT2D eigenvalue weighted by atomic mass is 10.1. The SMILES string of the molecule is CC(c1ncnn1-c1ncccn1)N(CCOC(=O)c1ccccc1)c1noc2c(C(F)(F)F)cc(C(F)(F)F)cc12. The highest BCUT2D eigenvalue weighted by molar-refractivity contribution is 5.92. The van der Waals surface area contributed by atoms with Gasteiger partial charge in [0.25, 0.3) is 5.95 Å². The van der Waals surface area contributed by atoms with E-state index < -0.39 is 46.5 Å². The Morgan fingerprint density at radius 2 is 1.71 bits per heavy atom. The standard InChI is InChI=1S/C26H19F6N7O3/c1-15(21-35-14-36-39(21)24-33-8-5-9-34-24)38(10-11-41-23(40)16-6-3-2-4-7-16)22-18-12-17(25(27,28)29)13-19(26(30,31)32)20(18)42-37-22/h2-9,12-15H,10-11H2,1H3. The molecule has 10 nitrogen and oxygen atoms in total. The molecule has 0 amide bonds. The number of carbonyl (C=O) groups excluding carboxylic acids is 1. The summed E-state index contributed by atoms with van der Waals surface area (Å²) in [4.78, 5) is 26.2. The van der Waals surface area contributed by atoms with Crippen molar-refractivity contribution >= 4 is 22.8 Å². The van der Waals surface area contributed by atoms with Gasteiger partial charge in [0.1, 0.15) is 18.5 Å². The first-order valence-corrected chi connectivity index (χ1v) is 12.2.